The Morgan fingerprint density at radius 3 is 2.68 bits per heavy atom. The standard InChI is InChI=1S/C14H20N2O3/c1-18-11-5-6-12(13(8-11)19-2)16-14(17)9-3-4-10(15)7-9/h5-6,8-10H,3-4,7,15H2,1-2H3,(H,16,17). The van der Waals surface area contributed by atoms with Gasteiger partial charge >= 0.3 is 0 Å². The van der Waals surface area contributed by atoms with E-state index in [1.165, 1.54) is 0 Å². The molecular weight excluding hydrogens is 244 g/mol. The van der Waals surface area contributed by atoms with Crippen LogP contribution < -0.4 is 20.5 Å². The summed E-state index contributed by atoms with van der Waals surface area (Å²) < 4.78 is 10.4. The fourth-order valence-corrected chi connectivity index (χ4v) is 2.39. The Labute approximate surface area is 113 Å². The SMILES string of the molecule is COc1ccc(NC(=O)C2CCC(N)C2)c(OC)c1. The number of carbonyl (C=O) groups excluding carboxylic acids is 1. The van der Waals surface area contributed by atoms with E-state index in [4.69, 9.17) is 15.2 Å². The second-order valence-corrected chi connectivity index (χ2v) is 4.83. The van der Waals surface area contributed by atoms with Crippen LogP contribution in [0.25, 0.3) is 0 Å². The minimum atomic E-state index is 0.00167. The first kappa shape index (κ1) is 13.7. The molecule has 1 aromatic carbocycles. The van der Waals surface area contributed by atoms with Gasteiger partial charge < -0.3 is 20.5 Å². The first-order valence-corrected chi connectivity index (χ1v) is 6.42. The molecule has 1 aliphatic rings. The number of ether oxygens (including phenoxy) is 2. The van der Waals surface area contributed by atoms with Gasteiger partial charge in [0.15, 0.2) is 0 Å². The average molecular weight is 264 g/mol. The predicted octanol–water partition coefficient (Wildman–Crippen LogP) is 1.77. The molecule has 2 unspecified atom stereocenters. The van der Waals surface area contributed by atoms with Gasteiger partial charge in [-0.1, -0.05) is 0 Å². The molecule has 0 bridgehead atoms. The number of carbonyl (C=O) groups is 1. The van der Waals surface area contributed by atoms with Crippen molar-refractivity contribution < 1.29 is 14.3 Å². The van der Waals surface area contributed by atoms with Gasteiger partial charge in [0, 0.05) is 18.0 Å². The number of methoxy groups -OCH3 is 2. The molecule has 1 aliphatic carbocycles. The highest BCUT2D eigenvalue weighted by Gasteiger charge is 2.28. The van der Waals surface area contributed by atoms with Crippen LogP contribution in [0.2, 0.25) is 0 Å². The van der Waals surface area contributed by atoms with Crippen molar-refractivity contribution in [1.29, 1.82) is 0 Å². The molecular formula is C14H20N2O3. The predicted molar refractivity (Wildman–Crippen MR) is 73.5 cm³/mol. The minimum Gasteiger partial charge on any atom is -0.497 e. The van der Waals surface area contributed by atoms with Gasteiger partial charge in [0.2, 0.25) is 5.91 Å². The molecule has 0 spiro atoms. The zero-order valence-electron chi connectivity index (χ0n) is 11.3. The molecule has 1 amide bonds. The maximum absolute atomic E-state index is 12.1. The Hall–Kier alpha value is -1.75. The van der Waals surface area contributed by atoms with Gasteiger partial charge in [-0.15, -0.1) is 0 Å². The van der Waals surface area contributed by atoms with Crippen LogP contribution in [0.3, 0.4) is 0 Å². The van der Waals surface area contributed by atoms with Gasteiger partial charge in [-0.3, -0.25) is 4.79 Å². The number of rotatable bonds is 4. The lowest BCUT2D eigenvalue weighted by atomic mass is 10.1. The third-order valence-corrected chi connectivity index (χ3v) is 3.51. The first-order valence-electron chi connectivity index (χ1n) is 6.42. The van der Waals surface area contributed by atoms with Crippen LogP contribution in [0.15, 0.2) is 18.2 Å². The van der Waals surface area contributed by atoms with Gasteiger partial charge in [-0.2, -0.15) is 0 Å². The van der Waals surface area contributed by atoms with Crippen LogP contribution in [-0.4, -0.2) is 26.2 Å². The van der Waals surface area contributed by atoms with Crippen molar-refractivity contribution in [2.75, 3.05) is 19.5 Å². The monoisotopic (exact) mass is 264 g/mol. The molecule has 5 nitrogen and oxygen atoms in total. The Kier molecular flexibility index (Phi) is 4.27. The number of amides is 1. The molecule has 1 aromatic rings. The van der Waals surface area contributed by atoms with Crippen molar-refractivity contribution in [2.45, 2.75) is 25.3 Å². The third-order valence-electron chi connectivity index (χ3n) is 3.51. The smallest absolute Gasteiger partial charge is 0.227 e. The maximum Gasteiger partial charge on any atom is 0.227 e. The van der Waals surface area contributed by atoms with E-state index in [9.17, 15) is 4.79 Å². The van der Waals surface area contributed by atoms with Crippen molar-refractivity contribution >= 4 is 11.6 Å². The molecule has 0 aliphatic heterocycles. The van der Waals surface area contributed by atoms with Crippen LogP contribution in [-0.2, 0) is 4.79 Å². The van der Waals surface area contributed by atoms with Crippen LogP contribution in [0.1, 0.15) is 19.3 Å². The summed E-state index contributed by atoms with van der Waals surface area (Å²) >= 11 is 0. The normalized spacial score (nSPS) is 22.1. The van der Waals surface area contributed by atoms with Crippen molar-refractivity contribution in [3.05, 3.63) is 18.2 Å². The van der Waals surface area contributed by atoms with E-state index in [-0.39, 0.29) is 17.9 Å². The lowest BCUT2D eigenvalue weighted by Gasteiger charge is -2.14. The van der Waals surface area contributed by atoms with E-state index in [2.05, 4.69) is 5.32 Å². The number of hydrogen-bond acceptors (Lipinski definition) is 4. The van der Waals surface area contributed by atoms with Crippen molar-refractivity contribution in [1.82, 2.24) is 0 Å². The van der Waals surface area contributed by atoms with Crippen LogP contribution in [0.4, 0.5) is 5.69 Å². The Morgan fingerprint density at radius 2 is 2.11 bits per heavy atom. The summed E-state index contributed by atoms with van der Waals surface area (Å²) in [4.78, 5) is 12.1. The molecule has 1 fully saturated rings. The number of anilines is 1. The molecule has 1 saturated carbocycles. The number of nitrogens with one attached hydrogen (secondary N) is 1. The quantitative estimate of drug-likeness (QED) is 0.869. The molecule has 2 rings (SSSR count). The van der Waals surface area contributed by atoms with Crippen LogP contribution in [0.5, 0.6) is 11.5 Å². The summed E-state index contributed by atoms with van der Waals surface area (Å²) in [5.41, 5.74) is 6.49. The summed E-state index contributed by atoms with van der Waals surface area (Å²) in [7, 11) is 3.16. The van der Waals surface area contributed by atoms with Gasteiger partial charge in [0.05, 0.1) is 19.9 Å². The summed E-state index contributed by atoms with van der Waals surface area (Å²) in [5.74, 6) is 1.30. The Morgan fingerprint density at radius 1 is 1.32 bits per heavy atom. The molecule has 2 atom stereocenters. The summed E-state index contributed by atoms with van der Waals surface area (Å²) in [6, 6.07) is 5.47. The zero-order valence-corrected chi connectivity index (χ0v) is 11.3. The lowest BCUT2D eigenvalue weighted by molar-refractivity contribution is -0.119. The van der Waals surface area contributed by atoms with E-state index in [1.807, 2.05) is 0 Å². The molecule has 0 radical (unpaired) electrons. The van der Waals surface area contributed by atoms with E-state index in [0.717, 1.165) is 19.3 Å². The molecule has 3 N–H and O–H groups in total. The zero-order chi connectivity index (χ0) is 13.8. The Bertz CT molecular complexity index is 462. The van der Waals surface area contributed by atoms with Crippen molar-refractivity contribution in [3.8, 4) is 11.5 Å². The highest BCUT2D eigenvalue weighted by molar-refractivity contribution is 5.94. The highest BCUT2D eigenvalue weighted by atomic mass is 16.5. The highest BCUT2D eigenvalue weighted by Crippen LogP contribution is 2.31. The lowest BCUT2D eigenvalue weighted by Crippen LogP contribution is -2.23. The first-order chi connectivity index (χ1) is 9.13. The van der Waals surface area contributed by atoms with Crippen molar-refractivity contribution in [2.24, 2.45) is 11.7 Å². The minimum absolute atomic E-state index is 0.00167. The fraction of sp³-hybridized carbons (Fsp3) is 0.500. The second kappa shape index (κ2) is 5.93. The van der Waals surface area contributed by atoms with E-state index >= 15 is 0 Å². The molecule has 19 heavy (non-hydrogen) atoms. The average Bonchev–Trinajstić information content (AvgIpc) is 2.86. The maximum atomic E-state index is 12.1. The van der Waals surface area contributed by atoms with Gasteiger partial charge in [-0.25, -0.2) is 0 Å². The molecule has 0 heterocycles. The van der Waals surface area contributed by atoms with E-state index in [1.54, 1.807) is 32.4 Å². The molecule has 0 aromatic heterocycles. The van der Waals surface area contributed by atoms with Crippen LogP contribution in [0, 0.1) is 5.92 Å². The molecule has 5 heteroatoms. The summed E-state index contributed by atoms with van der Waals surface area (Å²) in [6.45, 7) is 0. The number of nitrogens with two attached hydrogens (primary N) is 1. The van der Waals surface area contributed by atoms with Gasteiger partial charge in [0.25, 0.3) is 0 Å². The fourth-order valence-electron chi connectivity index (χ4n) is 2.39. The summed E-state index contributed by atoms with van der Waals surface area (Å²) in [6.07, 6.45) is 2.52. The van der Waals surface area contributed by atoms with Crippen LogP contribution >= 0.6 is 0 Å². The van der Waals surface area contributed by atoms with E-state index < -0.39 is 0 Å². The van der Waals surface area contributed by atoms with Gasteiger partial charge in [0.1, 0.15) is 11.5 Å². The largest absolute Gasteiger partial charge is 0.497 e. The topological polar surface area (TPSA) is 73.6 Å². The molecule has 104 valence electrons. The van der Waals surface area contributed by atoms with Crippen molar-refractivity contribution in [3.63, 3.8) is 0 Å². The summed E-state index contributed by atoms with van der Waals surface area (Å²) in [5, 5.41) is 2.90. The Balaban J connectivity index is 2.08. The third kappa shape index (κ3) is 3.17. The van der Waals surface area contributed by atoms with Gasteiger partial charge in [-0.05, 0) is 31.4 Å². The number of hydrogen-bond donors (Lipinski definition) is 2. The molecule has 0 saturated heterocycles. The second-order valence-electron chi connectivity index (χ2n) is 4.83. The van der Waals surface area contributed by atoms with E-state index in [0.29, 0.717) is 17.2 Å². The number of benzene rings is 1.